The lowest BCUT2D eigenvalue weighted by atomic mass is 9.91. The number of nitrogens with zero attached hydrogens (tertiary/aromatic N) is 4. The number of fused-ring (bicyclic) bond motifs is 1. The molecule has 7 nitrogen and oxygen atoms in total. The van der Waals surface area contributed by atoms with Gasteiger partial charge in [-0.05, 0) is 25.2 Å². The number of H-pyrrole nitrogens is 1. The lowest BCUT2D eigenvalue weighted by Crippen LogP contribution is -2.40. The maximum absolute atomic E-state index is 13.0. The van der Waals surface area contributed by atoms with Crippen LogP contribution in [0, 0.1) is 5.92 Å². The van der Waals surface area contributed by atoms with E-state index in [1.54, 1.807) is 4.68 Å². The molecular weight excluding hydrogens is 366 g/mol. The van der Waals surface area contributed by atoms with Gasteiger partial charge in [-0.1, -0.05) is 47.5 Å². The Morgan fingerprint density at radius 2 is 2.00 bits per heavy atom. The standard InChI is InChI=1S/C22H37N5O2/c1-7-15(8-2)13-27(14-16-11-9-10-12-29-16)21-23-17-18(20(28)24-21)26(6)25-19(17)22(3,4)5/h15-16H,7-14H2,1-6H3,(H,23,24,28). The predicted molar refractivity (Wildman–Crippen MR) is 118 cm³/mol. The topological polar surface area (TPSA) is 76.0 Å². The molecule has 0 bridgehead atoms. The fourth-order valence-electron chi connectivity index (χ4n) is 4.13. The van der Waals surface area contributed by atoms with Crippen molar-refractivity contribution in [3.63, 3.8) is 0 Å². The van der Waals surface area contributed by atoms with Crippen molar-refractivity contribution in [1.29, 1.82) is 0 Å². The molecule has 1 unspecified atom stereocenters. The Morgan fingerprint density at radius 3 is 2.59 bits per heavy atom. The van der Waals surface area contributed by atoms with Crippen LogP contribution in [-0.2, 0) is 17.2 Å². The number of nitrogens with one attached hydrogen (secondary N) is 1. The Morgan fingerprint density at radius 1 is 1.28 bits per heavy atom. The Hall–Kier alpha value is -1.89. The van der Waals surface area contributed by atoms with E-state index in [0.29, 0.717) is 22.9 Å². The number of aromatic nitrogens is 4. The fraction of sp³-hybridized carbons (Fsp3) is 0.773. The van der Waals surface area contributed by atoms with Crippen LogP contribution in [0.3, 0.4) is 0 Å². The van der Waals surface area contributed by atoms with E-state index >= 15 is 0 Å². The second-order valence-electron chi connectivity index (χ2n) is 9.39. The second kappa shape index (κ2) is 8.86. The van der Waals surface area contributed by atoms with Crippen LogP contribution in [0.25, 0.3) is 11.0 Å². The van der Waals surface area contributed by atoms with Gasteiger partial charge in [0.15, 0.2) is 5.52 Å². The highest BCUT2D eigenvalue weighted by Gasteiger charge is 2.27. The number of hydrogen-bond acceptors (Lipinski definition) is 5. The van der Waals surface area contributed by atoms with Crippen molar-refractivity contribution in [2.45, 2.75) is 78.2 Å². The first-order valence-corrected chi connectivity index (χ1v) is 11.1. The molecule has 162 valence electrons. The van der Waals surface area contributed by atoms with Crippen molar-refractivity contribution in [3.8, 4) is 0 Å². The Labute approximate surface area is 173 Å². The maximum atomic E-state index is 13.0. The third-order valence-electron chi connectivity index (χ3n) is 6.02. The van der Waals surface area contributed by atoms with E-state index in [-0.39, 0.29) is 17.1 Å². The summed E-state index contributed by atoms with van der Waals surface area (Å²) in [5.74, 6) is 1.19. The Kier molecular flexibility index (Phi) is 6.66. The average molecular weight is 404 g/mol. The minimum atomic E-state index is -0.190. The molecule has 0 radical (unpaired) electrons. The number of hydrogen-bond donors (Lipinski definition) is 1. The van der Waals surface area contributed by atoms with Crippen LogP contribution < -0.4 is 10.5 Å². The maximum Gasteiger partial charge on any atom is 0.278 e. The molecule has 2 aromatic heterocycles. The van der Waals surface area contributed by atoms with Gasteiger partial charge in [0, 0.05) is 32.2 Å². The SMILES string of the molecule is CCC(CC)CN(CC1CCCCO1)c1nc2c(C(C)(C)C)nn(C)c2c(=O)[nH]1. The molecule has 3 rings (SSSR count). The summed E-state index contributed by atoms with van der Waals surface area (Å²) in [7, 11) is 1.81. The van der Waals surface area contributed by atoms with Gasteiger partial charge < -0.3 is 9.64 Å². The molecule has 0 aliphatic carbocycles. The van der Waals surface area contributed by atoms with Gasteiger partial charge in [-0.3, -0.25) is 14.5 Å². The van der Waals surface area contributed by atoms with E-state index in [4.69, 9.17) is 9.72 Å². The van der Waals surface area contributed by atoms with Gasteiger partial charge in [0.05, 0.1) is 11.8 Å². The highest BCUT2D eigenvalue weighted by atomic mass is 16.5. The monoisotopic (exact) mass is 403 g/mol. The second-order valence-corrected chi connectivity index (χ2v) is 9.39. The van der Waals surface area contributed by atoms with Crippen LogP contribution in [0.1, 0.15) is 72.4 Å². The largest absolute Gasteiger partial charge is 0.376 e. The van der Waals surface area contributed by atoms with Gasteiger partial charge >= 0.3 is 0 Å². The first kappa shape index (κ1) is 21.8. The van der Waals surface area contributed by atoms with Crippen LogP contribution in [0.4, 0.5) is 5.95 Å². The summed E-state index contributed by atoms with van der Waals surface area (Å²) in [4.78, 5) is 23.2. The van der Waals surface area contributed by atoms with E-state index in [1.807, 2.05) is 7.05 Å². The van der Waals surface area contributed by atoms with Gasteiger partial charge in [0.2, 0.25) is 5.95 Å². The molecule has 29 heavy (non-hydrogen) atoms. The predicted octanol–water partition coefficient (Wildman–Crippen LogP) is 3.77. The first-order chi connectivity index (χ1) is 13.7. The highest BCUT2D eigenvalue weighted by molar-refractivity contribution is 5.78. The average Bonchev–Trinajstić information content (AvgIpc) is 3.03. The molecule has 1 saturated heterocycles. The highest BCUT2D eigenvalue weighted by Crippen LogP contribution is 2.28. The van der Waals surface area contributed by atoms with E-state index in [0.717, 1.165) is 51.1 Å². The minimum absolute atomic E-state index is 0.130. The van der Waals surface area contributed by atoms with Crippen LogP contribution in [0.5, 0.6) is 0 Å². The summed E-state index contributed by atoms with van der Waals surface area (Å²) in [5.41, 5.74) is 1.78. The van der Waals surface area contributed by atoms with Crippen LogP contribution in [0.15, 0.2) is 4.79 Å². The van der Waals surface area contributed by atoms with Crippen molar-refractivity contribution in [3.05, 3.63) is 16.0 Å². The molecule has 0 aromatic carbocycles. The molecule has 1 N–H and O–H groups in total. The third kappa shape index (κ3) is 4.82. The van der Waals surface area contributed by atoms with E-state index in [2.05, 4.69) is 49.6 Å². The van der Waals surface area contributed by atoms with E-state index in [1.165, 1.54) is 6.42 Å². The number of aryl methyl sites for hydroxylation is 1. The van der Waals surface area contributed by atoms with Crippen molar-refractivity contribution in [2.24, 2.45) is 13.0 Å². The quantitative estimate of drug-likeness (QED) is 0.762. The first-order valence-electron chi connectivity index (χ1n) is 11.1. The summed E-state index contributed by atoms with van der Waals surface area (Å²) in [5, 5.41) is 4.62. The summed E-state index contributed by atoms with van der Waals surface area (Å²) in [6.45, 7) is 13.2. The van der Waals surface area contributed by atoms with Gasteiger partial charge in [-0.25, -0.2) is 4.98 Å². The lowest BCUT2D eigenvalue weighted by molar-refractivity contribution is 0.0204. The molecule has 2 aromatic rings. The van der Waals surface area contributed by atoms with Crippen molar-refractivity contribution in [1.82, 2.24) is 19.7 Å². The summed E-state index contributed by atoms with van der Waals surface area (Å²) >= 11 is 0. The van der Waals surface area contributed by atoms with Crippen molar-refractivity contribution in [2.75, 3.05) is 24.6 Å². The number of rotatable bonds is 7. The fourth-order valence-corrected chi connectivity index (χ4v) is 4.13. The third-order valence-corrected chi connectivity index (χ3v) is 6.02. The molecule has 1 aliphatic heterocycles. The Balaban J connectivity index is 2.04. The van der Waals surface area contributed by atoms with Crippen LogP contribution in [0.2, 0.25) is 0 Å². The van der Waals surface area contributed by atoms with Crippen molar-refractivity contribution >= 4 is 17.0 Å². The molecule has 0 amide bonds. The molecule has 1 atom stereocenters. The molecule has 0 spiro atoms. The zero-order valence-electron chi connectivity index (χ0n) is 18.9. The van der Waals surface area contributed by atoms with Gasteiger partial charge in [-0.15, -0.1) is 0 Å². The van der Waals surface area contributed by atoms with Crippen LogP contribution in [-0.4, -0.2) is 45.5 Å². The number of aromatic amines is 1. The number of anilines is 1. The zero-order valence-corrected chi connectivity index (χ0v) is 18.9. The smallest absolute Gasteiger partial charge is 0.278 e. The van der Waals surface area contributed by atoms with Gasteiger partial charge in [0.25, 0.3) is 5.56 Å². The van der Waals surface area contributed by atoms with E-state index in [9.17, 15) is 4.79 Å². The molecular formula is C22H37N5O2. The lowest BCUT2D eigenvalue weighted by Gasteiger charge is -2.32. The summed E-state index contributed by atoms with van der Waals surface area (Å²) in [6, 6.07) is 0. The normalized spacial score (nSPS) is 18.0. The molecule has 3 heterocycles. The molecule has 1 fully saturated rings. The minimum Gasteiger partial charge on any atom is -0.376 e. The zero-order chi connectivity index (χ0) is 21.2. The van der Waals surface area contributed by atoms with E-state index < -0.39 is 0 Å². The van der Waals surface area contributed by atoms with Crippen LogP contribution >= 0.6 is 0 Å². The summed E-state index contributed by atoms with van der Waals surface area (Å²) < 4.78 is 7.65. The Bertz CT molecular complexity index is 870. The molecule has 7 heteroatoms. The van der Waals surface area contributed by atoms with Crippen molar-refractivity contribution < 1.29 is 4.74 Å². The molecule has 0 saturated carbocycles. The molecule has 1 aliphatic rings. The summed E-state index contributed by atoms with van der Waals surface area (Å²) in [6.07, 6.45) is 5.79. The van der Waals surface area contributed by atoms with Gasteiger partial charge in [-0.2, -0.15) is 5.10 Å². The van der Waals surface area contributed by atoms with Gasteiger partial charge in [0.1, 0.15) is 5.52 Å². The number of ether oxygens (including phenoxy) is 1.